The van der Waals surface area contributed by atoms with Gasteiger partial charge in [-0.1, -0.05) is 6.07 Å². The molecule has 0 aliphatic rings. The standard InChI is InChI=1S/C11H16N2OSi/c1-10(14-15(2,3)4)13-9-11-6-5-7-12-8-11/h5-9H,1H2,2-4H3. The van der Waals surface area contributed by atoms with Gasteiger partial charge in [0.2, 0.25) is 8.32 Å². The van der Waals surface area contributed by atoms with E-state index in [1.807, 2.05) is 12.1 Å². The van der Waals surface area contributed by atoms with Crippen LogP contribution in [0, 0.1) is 0 Å². The van der Waals surface area contributed by atoms with Gasteiger partial charge in [0.15, 0.2) is 5.88 Å². The molecule has 0 unspecified atom stereocenters. The van der Waals surface area contributed by atoms with Gasteiger partial charge < -0.3 is 4.43 Å². The molecule has 1 heterocycles. The zero-order valence-electron chi connectivity index (χ0n) is 9.40. The van der Waals surface area contributed by atoms with Gasteiger partial charge in [-0.3, -0.25) is 4.98 Å². The summed E-state index contributed by atoms with van der Waals surface area (Å²) in [5, 5.41) is 0. The molecule has 0 radical (unpaired) electrons. The molecule has 0 bridgehead atoms. The Morgan fingerprint density at radius 1 is 1.53 bits per heavy atom. The van der Waals surface area contributed by atoms with Crippen molar-refractivity contribution in [2.75, 3.05) is 0 Å². The lowest BCUT2D eigenvalue weighted by molar-refractivity contribution is 0.421. The van der Waals surface area contributed by atoms with Crippen molar-refractivity contribution >= 4 is 14.5 Å². The fraction of sp³-hybridized carbons (Fsp3) is 0.273. The highest BCUT2D eigenvalue weighted by atomic mass is 28.4. The molecule has 1 rings (SSSR count). The smallest absolute Gasteiger partial charge is 0.244 e. The van der Waals surface area contributed by atoms with Crippen LogP contribution in [0.4, 0.5) is 0 Å². The quantitative estimate of drug-likeness (QED) is 0.444. The number of rotatable bonds is 4. The molecule has 80 valence electrons. The van der Waals surface area contributed by atoms with Crippen molar-refractivity contribution in [3.63, 3.8) is 0 Å². The van der Waals surface area contributed by atoms with E-state index in [1.54, 1.807) is 18.6 Å². The van der Waals surface area contributed by atoms with Crippen LogP contribution in [0.3, 0.4) is 0 Å². The Balaban J connectivity index is 2.56. The van der Waals surface area contributed by atoms with Crippen LogP contribution in [0.2, 0.25) is 19.6 Å². The number of hydrogen-bond acceptors (Lipinski definition) is 3. The average molecular weight is 220 g/mol. The van der Waals surface area contributed by atoms with Gasteiger partial charge >= 0.3 is 0 Å². The summed E-state index contributed by atoms with van der Waals surface area (Å²) in [6, 6.07) is 3.79. The van der Waals surface area contributed by atoms with E-state index < -0.39 is 8.32 Å². The lowest BCUT2D eigenvalue weighted by atomic mass is 10.3. The van der Waals surface area contributed by atoms with E-state index in [1.165, 1.54) is 0 Å². The highest BCUT2D eigenvalue weighted by Gasteiger charge is 2.15. The zero-order valence-corrected chi connectivity index (χ0v) is 10.4. The summed E-state index contributed by atoms with van der Waals surface area (Å²) < 4.78 is 5.59. The molecule has 0 saturated carbocycles. The van der Waals surface area contributed by atoms with E-state index in [2.05, 4.69) is 36.2 Å². The minimum absolute atomic E-state index is 0.470. The molecule has 0 aliphatic heterocycles. The number of hydrogen-bond donors (Lipinski definition) is 0. The minimum Gasteiger partial charge on any atom is -0.532 e. The first-order valence-corrected chi connectivity index (χ1v) is 8.20. The molecule has 0 atom stereocenters. The lowest BCUT2D eigenvalue weighted by Crippen LogP contribution is -2.24. The van der Waals surface area contributed by atoms with Crippen molar-refractivity contribution in [3.8, 4) is 0 Å². The SMILES string of the molecule is C=C(N=Cc1cccnc1)O[Si](C)(C)C. The summed E-state index contributed by atoms with van der Waals surface area (Å²) in [7, 11) is -1.59. The Hall–Kier alpha value is -1.42. The fourth-order valence-corrected chi connectivity index (χ4v) is 1.74. The molecule has 3 nitrogen and oxygen atoms in total. The van der Waals surface area contributed by atoms with Crippen LogP contribution in [0.5, 0.6) is 0 Å². The summed E-state index contributed by atoms with van der Waals surface area (Å²) in [5.41, 5.74) is 0.942. The first-order chi connectivity index (χ1) is 6.97. The molecule has 4 heteroatoms. The van der Waals surface area contributed by atoms with Crippen LogP contribution < -0.4 is 0 Å². The maximum Gasteiger partial charge on any atom is 0.244 e. The Labute approximate surface area is 91.7 Å². The molecule has 0 fully saturated rings. The number of aromatic nitrogens is 1. The first kappa shape index (κ1) is 11.7. The van der Waals surface area contributed by atoms with Gasteiger partial charge in [-0.2, -0.15) is 0 Å². The molecule has 1 aromatic heterocycles. The second kappa shape index (κ2) is 4.88. The Morgan fingerprint density at radius 3 is 2.80 bits per heavy atom. The highest BCUT2D eigenvalue weighted by molar-refractivity contribution is 6.70. The molecule has 0 aliphatic carbocycles. The van der Waals surface area contributed by atoms with Gasteiger partial charge in [0.05, 0.1) is 0 Å². The van der Waals surface area contributed by atoms with E-state index >= 15 is 0 Å². The molecule has 0 spiro atoms. The average Bonchev–Trinajstić information content (AvgIpc) is 2.14. The largest absolute Gasteiger partial charge is 0.532 e. The topological polar surface area (TPSA) is 34.5 Å². The van der Waals surface area contributed by atoms with E-state index in [9.17, 15) is 0 Å². The number of nitrogens with zero attached hydrogens (tertiary/aromatic N) is 2. The van der Waals surface area contributed by atoms with E-state index in [0.717, 1.165) is 5.56 Å². The Kier molecular flexibility index (Phi) is 3.79. The molecular weight excluding hydrogens is 204 g/mol. The van der Waals surface area contributed by atoms with Crippen LogP contribution in [-0.2, 0) is 4.43 Å². The van der Waals surface area contributed by atoms with Crippen LogP contribution >= 0.6 is 0 Å². The lowest BCUT2D eigenvalue weighted by Gasteiger charge is -2.17. The van der Waals surface area contributed by atoms with Crippen molar-refractivity contribution in [2.45, 2.75) is 19.6 Å². The maximum atomic E-state index is 5.59. The van der Waals surface area contributed by atoms with Gasteiger partial charge in [0.1, 0.15) is 0 Å². The van der Waals surface area contributed by atoms with Gasteiger partial charge in [-0.25, -0.2) is 4.99 Å². The summed E-state index contributed by atoms with van der Waals surface area (Å²) in [5.74, 6) is 0.470. The zero-order chi connectivity index (χ0) is 11.3. The first-order valence-electron chi connectivity index (χ1n) is 4.79. The van der Waals surface area contributed by atoms with Crippen LogP contribution in [0.1, 0.15) is 5.56 Å². The summed E-state index contributed by atoms with van der Waals surface area (Å²) in [6.07, 6.45) is 5.17. The third-order valence-corrected chi connectivity index (χ3v) is 2.31. The van der Waals surface area contributed by atoms with E-state index in [0.29, 0.717) is 5.88 Å². The third-order valence-electron chi connectivity index (χ3n) is 1.47. The fourth-order valence-electron chi connectivity index (χ4n) is 0.979. The van der Waals surface area contributed by atoms with Crippen LogP contribution in [0.25, 0.3) is 0 Å². The summed E-state index contributed by atoms with van der Waals surface area (Å²) in [6.45, 7) is 10.0. The van der Waals surface area contributed by atoms with Crippen LogP contribution in [-0.4, -0.2) is 19.5 Å². The van der Waals surface area contributed by atoms with Crippen molar-refractivity contribution < 1.29 is 4.43 Å². The maximum absolute atomic E-state index is 5.59. The van der Waals surface area contributed by atoms with Crippen molar-refractivity contribution in [3.05, 3.63) is 42.6 Å². The van der Waals surface area contributed by atoms with E-state index in [4.69, 9.17) is 4.43 Å². The monoisotopic (exact) mass is 220 g/mol. The van der Waals surface area contributed by atoms with Crippen LogP contribution in [0.15, 0.2) is 42.0 Å². The summed E-state index contributed by atoms with van der Waals surface area (Å²) in [4.78, 5) is 8.12. The number of pyridine rings is 1. The van der Waals surface area contributed by atoms with Gasteiger partial charge in [0.25, 0.3) is 0 Å². The second-order valence-corrected chi connectivity index (χ2v) is 8.58. The third kappa shape index (κ3) is 5.12. The van der Waals surface area contributed by atoms with E-state index in [-0.39, 0.29) is 0 Å². The van der Waals surface area contributed by atoms with Crippen molar-refractivity contribution in [1.82, 2.24) is 4.98 Å². The molecular formula is C11H16N2OSi. The highest BCUT2D eigenvalue weighted by Crippen LogP contribution is 2.09. The Morgan fingerprint density at radius 2 is 2.27 bits per heavy atom. The van der Waals surface area contributed by atoms with Gasteiger partial charge in [-0.05, 0) is 32.3 Å². The minimum atomic E-state index is -1.59. The molecule has 0 amide bonds. The van der Waals surface area contributed by atoms with Gasteiger partial charge in [-0.15, -0.1) is 0 Å². The molecule has 15 heavy (non-hydrogen) atoms. The predicted octanol–water partition coefficient (Wildman–Crippen LogP) is 2.82. The van der Waals surface area contributed by atoms with Crippen molar-refractivity contribution in [1.29, 1.82) is 0 Å². The normalized spacial score (nSPS) is 11.7. The van der Waals surface area contributed by atoms with Crippen molar-refractivity contribution in [2.24, 2.45) is 4.99 Å². The second-order valence-electron chi connectivity index (χ2n) is 4.15. The number of aliphatic imine (C=N–C) groups is 1. The van der Waals surface area contributed by atoms with Gasteiger partial charge in [0, 0.05) is 24.2 Å². The molecule has 1 aromatic rings. The Bertz CT molecular complexity index is 355. The molecule has 0 N–H and O–H groups in total. The molecule has 0 aromatic carbocycles. The summed E-state index contributed by atoms with van der Waals surface area (Å²) >= 11 is 0. The molecule has 0 saturated heterocycles. The predicted molar refractivity (Wildman–Crippen MR) is 65.4 cm³/mol.